The van der Waals surface area contributed by atoms with Crippen molar-refractivity contribution in [3.63, 3.8) is 0 Å². The quantitative estimate of drug-likeness (QED) is 0.144. The summed E-state index contributed by atoms with van der Waals surface area (Å²) in [4.78, 5) is 3.05. The van der Waals surface area contributed by atoms with Gasteiger partial charge in [0.2, 0.25) is 0 Å². The van der Waals surface area contributed by atoms with Gasteiger partial charge in [0.05, 0.1) is 6.61 Å². The second-order valence-corrected chi connectivity index (χ2v) is 8.51. The lowest BCUT2D eigenvalue weighted by Crippen LogP contribution is -2.57. The van der Waals surface area contributed by atoms with Gasteiger partial charge in [0.25, 0.3) is 0 Å². The van der Waals surface area contributed by atoms with Crippen molar-refractivity contribution in [1.82, 2.24) is 4.98 Å². The maximum absolute atomic E-state index is 10.9. The summed E-state index contributed by atoms with van der Waals surface area (Å²) in [6.45, 7) is -0.613. The van der Waals surface area contributed by atoms with E-state index < -0.39 is 46.9 Å². The molecule has 29 heavy (non-hydrogen) atoms. The van der Waals surface area contributed by atoms with E-state index in [0.29, 0.717) is 0 Å². The number of ether oxygens (including phenoxy) is 1. The van der Waals surface area contributed by atoms with Crippen molar-refractivity contribution < 1.29 is 42.4 Å². The number of nitrogens with one attached hydrogen (secondary N) is 1. The molecule has 3 rings (SSSR count). The van der Waals surface area contributed by atoms with E-state index in [2.05, 4.69) is 14.4 Å². The normalized spacial score (nSPS) is 28.6. The smallest absolute Gasteiger partial charge is 0.394 e. The lowest BCUT2D eigenvalue weighted by atomic mass is 10.0. The minimum absolute atomic E-state index is 0.00305. The molecule has 0 aliphatic carbocycles. The molecule has 0 spiro atoms. The van der Waals surface area contributed by atoms with Gasteiger partial charge in [-0.15, -0.1) is 0 Å². The molecule has 2 heterocycles. The van der Waals surface area contributed by atoms with E-state index in [-0.39, 0.29) is 11.5 Å². The number of hydrogen-bond acceptors (Lipinski definition) is 10. The molecule has 1 aliphatic heterocycles. The number of nitrogens with zero attached hydrogens (tertiary/aromatic N) is 1. The molecule has 11 nitrogen and oxygen atoms in total. The zero-order valence-electron chi connectivity index (χ0n) is 14.8. The first-order valence-electron chi connectivity index (χ1n) is 8.44. The highest BCUT2D eigenvalue weighted by molar-refractivity contribution is 8.14. The Bertz CT molecular complexity index is 976. The van der Waals surface area contributed by atoms with Crippen LogP contribution in [0, 0.1) is 0 Å². The molecular weight excluding hydrogens is 428 g/mol. The summed E-state index contributed by atoms with van der Waals surface area (Å²) in [7, 11) is -4.87. The molecule has 13 heteroatoms. The highest BCUT2D eigenvalue weighted by Gasteiger charge is 2.44. The molecule has 0 saturated carbocycles. The number of rotatable bonds is 6. The second kappa shape index (κ2) is 8.97. The van der Waals surface area contributed by atoms with Gasteiger partial charge in [0.15, 0.2) is 0 Å². The van der Waals surface area contributed by atoms with Crippen LogP contribution in [0.15, 0.2) is 35.6 Å². The molecule has 160 valence electrons. The van der Waals surface area contributed by atoms with Gasteiger partial charge >= 0.3 is 10.4 Å². The number of aliphatic hydroxyl groups is 4. The van der Waals surface area contributed by atoms with Crippen LogP contribution < -0.4 is 0 Å². The Morgan fingerprint density at radius 1 is 1.21 bits per heavy atom. The lowest BCUT2D eigenvalue weighted by molar-refractivity contribution is -0.205. The Morgan fingerprint density at radius 2 is 1.93 bits per heavy atom. The predicted octanol–water partition coefficient (Wildman–Crippen LogP) is -0.624. The number of aliphatic hydroxyl groups excluding tert-OH is 4. The Labute approximate surface area is 169 Å². The summed E-state index contributed by atoms with van der Waals surface area (Å²) in [6.07, 6.45) is -4.11. The zero-order chi connectivity index (χ0) is 21.2. The highest BCUT2D eigenvalue weighted by Crippen LogP contribution is 2.31. The van der Waals surface area contributed by atoms with Gasteiger partial charge in [0.1, 0.15) is 34.9 Å². The molecular formula is C16H20N2O9S2. The number of H-pyrrole nitrogens is 1. The van der Waals surface area contributed by atoms with Crippen LogP contribution in [0.3, 0.4) is 0 Å². The number of fused-ring (bicyclic) bond motifs is 1. The van der Waals surface area contributed by atoms with Gasteiger partial charge in [-0.25, -0.2) is 4.28 Å². The molecule has 1 unspecified atom stereocenters. The van der Waals surface area contributed by atoms with Crippen molar-refractivity contribution in [2.75, 3.05) is 6.61 Å². The lowest BCUT2D eigenvalue weighted by Gasteiger charge is -2.39. The molecule has 2 aromatic rings. The van der Waals surface area contributed by atoms with Crippen molar-refractivity contribution in [3.8, 4) is 0 Å². The third kappa shape index (κ3) is 5.26. The van der Waals surface area contributed by atoms with E-state index in [1.54, 1.807) is 6.20 Å². The Kier molecular flexibility index (Phi) is 6.80. The number of hydrogen-bond donors (Lipinski definition) is 6. The predicted molar refractivity (Wildman–Crippen MR) is 103 cm³/mol. The molecule has 1 aliphatic rings. The monoisotopic (exact) mass is 448 g/mol. The summed E-state index contributed by atoms with van der Waals surface area (Å²) >= 11 is 0.727. The number of thioether (sulfide) groups is 1. The van der Waals surface area contributed by atoms with E-state index in [0.717, 1.165) is 28.2 Å². The fourth-order valence-electron chi connectivity index (χ4n) is 2.92. The zero-order valence-corrected chi connectivity index (χ0v) is 16.5. The summed E-state index contributed by atoms with van der Waals surface area (Å²) in [5.41, 5.74) is 0.352. The van der Waals surface area contributed by atoms with Gasteiger partial charge in [-0.05, 0) is 11.6 Å². The standard InChI is InChI=1S/C16H20N2O9S2/c19-7-11-13(20)14(21)15(22)16(26-11)28-12(18-27-29(23,24)25)5-8-6-17-10-4-2-1-3-9(8)10/h1-4,6,11,13-17,19-22H,5,7H2,(H,23,24,25)/b18-12+/t11-,13-,14+,15-,16?/m1/s1. The molecule has 1 saturated heterocycles. The topological polar surface area (TPSA) is 182 Å². The first kappa shape index (κ1) is 22.0. The maximum Gasteiger partial charge on any atom is 0.466 e. The fraction of sp³-hybridized carbons (Fsp3) is 0.438. The Morgan fingerprint density at radius 3 is 2.62 bits per heavy atom. The number of aromatic amines is 1. The summed E-state index contributed by atoms with van der Waals surface area (Å²) in [5, 5.41) is 43.5. The molecule has 0 radical (unpaired) electrons. The van der Waals surface area contributed by atoms with E-state index in [4.69, 9.17) is 9.29 Å². The van der Waals surface area contributed by atoms with Gasteiger partial charge in [-0.2, -0.15) is 8.42 Å². The Balaban J connectivity index is 1.85. The molecule has 1 aromatic heterocycles. The average molecular weight is 448 g/mol. The van der Waals surface area contributed by atoms with Crippen molar-refractivity contribution in [1.29, 1.82) is 0 Å². The fourth-order valence-corrected chi connectivity index (χ4v) is 4.24. The highest BCUT2D eigenvalue weighted by atomic mass is 32.3. The number of oxime groups is 1. The van der Waals surface area contributed by atoms with Gasteiger partial charge < -0.3 is 30.1 Å². The summed E-state index contributed by atoms with van der Waals surface area (Å²) in [6, 6.07) is 7.33. The first-order valence-corrected chi connectivity index (χ1v) is 10.7. The summed E-state index contributed by atoms with van der Waals surface area (Å²) in [5.74, 6) is 0. The largest absolute Gasteiger partial charge is 0.466 e. The van der Waals surface area contributed by atoms with E-state index in [1.165, 1.54) is 0 Å². The van der Waals surface area contributed by atoms with Crippen LogP contribution >= 0.6 is 11.8 Å². The SMILES string of the molecule is O=S(=O)(O)O/N=C(\Cc1c[nH]c2ccccc12)SC1O[C@H](CO)[C@@H](O)[C@H](O)[C@H]1O. The minimum Gasteiger partial charge on any atom is -0.394 e. The maximum atomic E-state index is 10.9. The second-order valence-electron chi connectivity index (χ2n) is 6.34. The molecule has 5 atom stereocenters. The van der Waals surface area contributed by atoms with Crippen LogP contribution in [0.25, 0.3) is 10.9 Å². The van der Waals surface area contributed by atoms with Crippen molar-refractivity contribution in [2.45, 2.75) is 36.3 Å². The molecule has 1 aromatic carbocycles. The first-order chi connectivity index (χ1) is 13.7. The molecule has 1 fully saturated rings. The van der Waals surface area contributed by atoms with E-state index in [1.807, 2.05) is 24.3 Å². The minimum atomic E-state index is -4.87. The van der Waals surface area contributed by atoms with Crippen LogP contribution in [0.4, 0.5) is 0 Å². The van der Waals surface area contributed by atoms with Gasteiger partial charge in [-0.1, -0.05) is 35.1 Å². The van der Waals surface area contributed by atoms with Crippen LogP contribution in [0.1, 0.15) is 5.56 Å². The molecule has 0 bridgehead atoms. The number of benzene rings is 1. The van der Waals surface area contributed by atoms with Crippen LogP contribution in [-0.4, -0.2) is 79.9 Å². The van der Waals surface area contributed by atoms with Crippen molar-refractivity contribution in [2.24, 2.45) is 5.16 Å². The molecule has 6 N–H and O–H groups in total. The van der Waals surface area contributed by atoms with Crippen LogP contribution in [0.5, 0.6) is 0 Å². The average Bonchev–Trinajstić information content (AvgIpc) is 3.08. The van der Waals surface area contributed by atoms with Gasteiger partial charge in [0, 0.05) is 23.5 Å². The van der Waals surface area contributed by atoms with Crippen LogP contribution in [-0.2, 0) is 25.8 Å². The van der Waals surface area contributed by atoms with E-state index >= 15 is 0 Å². The third-order valence-electron chi connectivity index (χ3n) is 4.35. The van der Waals surface area contributed by atoms with Crippen molar-refractivity contribution >= 4 is 38.1 Å². The number of para-hydroxylation sites is 1. The molecule has 0 amide bonds. The van der Waals surface area contributed by atoms with E-state index in [9.17, 15) is 28.8 Å². The van der Waals surface area contributed by atoms with Crippen LogP contribution in [0.2, 0.25) is 0 Å². The van der Waals surface area contributed by atoms with Crippen molar-refractivity contribution in [3.05, 3.63) is 36.0 Å². The van der Waals surface area contributed by atoms with Gasteiger partial charge in [-0.3, -0.25) is 4.55 Å². The summed E-state index contributed by atoms with van der Waals surface area (Å²) < 4.78 is 40.2. The number of aromatic nitrogens is 1. The Hall–Kier alpha value is -1.71. The third-order valence-corrected chi connectivity index (χ3v) is 5.73.